The van der Waals surface area contributed by atoms with Crippen LogP contribution in [0, 0.1) is 5.92 Å². The van der Waals surface area contributed by atoms with Crippen LogP contribution in [0.15, 0.2) is 18.6 Å². The molecule has 4 rings (SSSR count). The third kappa shape index (κ3) is 2.22. The standard InChI is InChI=1S/C16H22N4O3/c1-16(2)22-12-9(7-21)6-11(13(12)23-16)20-5-4-10-14(17-3)18-8-19-15(10)20/h4-5,8-9,11-13,21H,6-7H2,1-3H3,(H,17,18,19)/t9?,11-,12-,13+/m1/s1. The number of hydrogen-bond acceptors (Lipinski definition) is 6. The molecule has 1 aliphatic heterocycles. The minimum Gasteiger partial charge on any atom is -0.396 e. The second kappa shape index (κ2) is 5.15. The molecular weight excluding hydrogens is 296 g/mol. The number of nitrogens with zero attached hydrogens (tertiary/aromatic N) is 3. The fourth-order valence-electron chi connectivity index (χ4n) is 3.95. The maximum atomic E-state index is 9.71. The lowest BCUT2D eigenvalue weighted by Crippen LogP contribution is -2.27. The Bertz CT molecular complexity index is 729. The lowest BCUT2D eigenvalue weighted by atomic mass is 10.1. The number of nitrogens with one attached hydrogen (secondary N) is 1. The molecule has 1 aliphatic carbocycles. The summed E-state index contributed by atoms with van der Waals surface area (Å²) in [5.41, 5.74) is 0.875. The van der Waals surface area contributed by atoms with Crippen LogP contribution in [0.5, 0.6) is 0 Å². The van der Waals surface area contributed by atoms with Crippen molar-refractivity contribution in [1.82, 2.24) is 14.5 Å². The third-order valence-corrected chi connectivity index (χ3v) is 4.89. The Morgan fingerprint density at radius 1 is 1.35 bits per heavy atom. The lowest BCUT2D eigenvalue weighted by Gasteiger charge is -2.24. The van der Waals surface area contributed by atoms with Gasteiger partial charge in [0.25, 0.3) is 0 Å². The van der Waals surface area contributed by atoms with Gasteiger partial charge in [0.1, 0.15) is 23.9 Å². The number of aromatic nitrogens is 3. The fraction of sp³-hybridized carbons (Fsp3) is 0.625. The minimum absolute atomic E-state index is 0.0780. The zero-order valence-corrected chi connectivity index (χ0v) is 13.6. The predicted octanol–water partition coefficient (Wildman–Crippen LogP) is 1.55. The van der Waals surface area contributed by atoms with Gasteiger partial charge in [0.05, 0.1) is 17.5 Å². The van der Waals surface area contributed by atoms with Crippen molar-refractivity contribution in [2.75, 3.05) is 19.0 Å². The van der Waals surface area contributed by atoms with E-state index in [0.29, 0.717) is 0 Å². The highest BCUT2D eigenvalue weighted by molar-refractivity contribution is 5.87. The van der Waals surface area contributed by atoms with E-state index >= 15 is 0 Å². The Morgan fingerprint density at radius 2 is 2.13 bits per heavy atom. The molecule has 0 aromatic carbocycles. The van der Waals surface area contributed by atoms with Crippen LogP contribution >= 0.6 is 0 Å². The normalized spacial score (nSPS) is 32.3. The molecule has 2 aliphatic rings. The van der Waals surface area contributed by atoms with Crippen LogP contribution in [0.3, 0.4) is 0 Å². The van der Waals surface area contributed by atoms with E-state index in [2.05, 4.69) is 19.9 Å². The van der Waals surface area contributed by atoms with Crippen molar-refractivity contribution in [2.45, 2.75) is 44.3 Å². The van der Waals surface area contributed by atoms with Crippen LogP contribution in [-0.4, -0.2) is 51.3 Å². The summed E-state index contributed by atoms with van der Waals surface area (Å²) in [5.74, 6) is 0.274. The van der Waals surface area contributed by atoms with Gasteiger partial charge >= 0.3 is 0 Å². The van der Waals surface area contributed by atoms with Crippen LogP contribution in [0.2, 0.25) is 0 Å². The van der Waals surface area contributed by atoms with Crippen LogP contribution < -0.4 is 5.32 Å². The molecule has 0 spiro atoms. The Morgan fingerprint density at radius 3 is 2.87 bits per heavy atom. The molecule has 0 bridgehead atoms. The van der Waals surface area contributed by atoms with Crippen molar-refractivity contribution < 1.29 is 14.6 Å². The van der Waals surface area contributed by atoms with E-state index in [0.717, 1.165) is 23.3 Å². The Hall–Kier alpha value is -1.70. The van der Waals surface area contributed by atoms with E-state index in [-0.39, 0.29) is 30.8 Å². The molecule has 2 N–H and O–H groups in total. The Kier molecular flexibility index (Phi) is 3.33. The summed E-state index contributed by atoms with van der Waals surface area (Å²) in [4.78, 5) is 8.70. The Labute approximate surface area is 134 Å². The molecule has 2 fully saturated rings. The summed E-state index contributed by atoms with van der Waals surface area (Å²) in [6.45, 7) is 3.95. The van der Waals surface area contributed by atoms with E-state index in [4.69, 9.17) is 9.47 Å². The molecule has 1 saturated heterocycles. The number of ether oxygens (including phenoxy) is 2. The van der Waals surface area contributed by atoms with Gasteiger partial charge < -0.3 is 24.5 Å². The van der Waals surface area contributed by atoms with Crippen molar-refractivity contribution in [3.63, 3.8) is 0 Å². The molecule has 3 heterocycles. The van der Waals surface area contributed by atoms with E-state index in [1.807, 2.05) is 33.2 Å². The molecule has 2 aromatic heterocycles. The van der Waals surface area contributed by atoms with Crippen molar-refractivity contribution >= 4 is 16.9 Å². The van der Waals surface area contributed by atoms with Crippen molar-refractivity contribution in [1.29, 1.82) is 0 Å². The summed E-state index contributed by atoms with van der Waals surface area (Å²) in [7, 11) is 1.85. The van der Waals surface area contributed by atoms with E-state index in [9.17, 15) is 5.11 Å². The molecular formula is C16H22N4O3. The molecule has 2 aromatic rings. The Balaban J connectivity index is 1.76. The van der Waals surface area contributed by atoms with Gasteiger partial charge in [-0.3, -0.25) is 0 Å². The average molecular weight is 318 g/mol. The highest BCUT2D eigenvalue weighted by Gasteiger charge is 2.54. The number of rotatable bonds is 3. The lowest BCUT2D eigenvalue weighted by molar-refractivity contribution is -0.161. The minimum atomic E-state index is -0.616. The summed E-state index contributed by atoms with van der Waals surface area (Å²) in [6, 6.07) is 2.11. The molecule has 1 unspecified atom stereocenters. The van der Waals surface area contributed by atoms with Gasteiger partial charge in [0.2, 0.25) is 0 Å². The maximum absolute atomic E-state index is 9.71. The van der Waals surface area contributed by atoms with E-state index in [1.165, 1.54) is 0 Å². The first kappa shape index (κ1) is 14.9. The zero-order chi connectivity index (χ0) is 16.2. The quantitative estimate of drug-likeness (QED) is 0.893. The highest BCUT2D eigenvalue weighted by Crippen LogP contribution is 2.47. The molecule has 1 saturated carbocycles. The summed E-state index contributed by atoms with van der Waals surface area (Å²) in [6.07, 6.45) is 4.24. The van der Waals surface area contributed by atoms with Gasteiger partial charge in [-0.25, -0.2) is 9.97 Å². The fourth-order valence-corrected chi connectivity index (χ4v) is 3.95. The monoisotopic (exact) mass is 318 g/mol. The smallest absolute Gasteiger partial charge is 0.163 e. The van der Waals surface area contributed by atoms with Crippen molar-refractivity contribution in [2.24, 2.45) is 5.92 Å². The summed E-state index contributed by atoms with van der Waals surface area (Å²) in [5, 5.41) is 13.8. The van der Waals surface area contributed by atoms with Crippen LogP contribution in [0.25, 0.3) is 11.0 Å². The molecule has 124 valence electrons. The van der Waals surface area contributed by atoms with Crippen LogP contribution in [0.4, 0.5) is 5.82 Å². The van der Waals surface area contributed by atoms with Gasteiger partial charge in [-0.05, 0) is 26.3 Å². The van der Waals surface area contributed by atoms with Crippen molar-refractivity contribution in [3.05, 3.63) is 18.6 Å². The van der Waals surface area contributed by atoms with Crippen LogP contribution in [0.1, 0.15) is 26.3 Å². The number of aliphatic hydroxyl groups excluding tert-OH is 1. The number of anilines is 1. The van der Waals surface area contributed by atoms with Gasteiger partial charge in [-0.2, -0.15) is 0 Å². The molecule has 0 amide bonds. The van der Waals surface area contributed by atoms with E-state index in [1.54, 1.807) is 6.33 Å². The summed E-state index contributed by atoms with van der Waals surface area (Å²) < 4.78 is 14.3. The molecule has 23 heavy (non-hydrogen) atoms. The van der Waals surface area contributed by atoms with Gasteiger partial charge in [0.15, 0.2) is 5.79 Å². The summed E-state index contributed by atoms with van der Waals surface area (Å²) >= 11 is 0. The number of aliphatic hydroxyl groups is 1. The van der Waals surface area contributed by atoms with Gasteiger partial charge in [-0.15, -0.1) is 0 Å². The van der Waals surface area contributed by atoms with E-state index < -0.39 is 5.79 Å². The molecule has 4 atom stereocenters. The predicted molar refractivity (Wildman–Crippen MR) is 85.1 cm³/mol. The first-order chi connectivity index (χ1) is 11.0. The molecule has 7 heteroatoms. The molecule has 7 nitrogen and oxygen atoms in total. The largest absolute Gasteiger partial charge is 0.396 e. The van der Waals surface area contributed by atoms with Crippen molar-refractivity contribution in [3.8, 4) is 0 Å². The second-order valence-electron chi connectivity index (χ2n) is 6.74. The maximum Gasteiger partial charge on any atom is 0.163 e. The molecule has 0 radical (unpaired) electrons. The van der Waals surface area contributed by atoms with Gasteiger partial charge in [-0.1, -0.05) is 0 Å². The zero-order valence-electron chi connectivity index (χ0n) is 13.6. The first-order valence-corrected chi connectivity index (χ1v) is 8.00. The first-order valence-electron chi connectivity index (χ1n) is 8.00. The highest BCUT2D eigenvalue weighted by atomic mass is 16.8. The average Bonchev–Trinajstić information content (AvgIpc) is 3.17. The number of fused-ring (bicyclic) bond motifs is 2. The van der Waals surface area contributed by atoms with Gasteiger partial charge in [0, 0.05) is 25.8 Å². The SMILES string of the molecule is CNc1ncnc2c1ccn2[C@@H]1CC(CO)[C@H]2OC(C)(C)O[C@H]21. The topological polar surface area (TPSA) is 81.4 Å². The second-order valence-corrected chi connectivity index (χ2v) is 6.74. The third-order valence-electron chi connectivity index (χ3n) is 4.89. The number of hydrogen-bond donors (Lipinski definition) is 2. The van der Waals surface area contributed by atoms with Crippen LogP contribution in [-0.2, 0) is 9.47 Å².